The van der Waals surface area contributed by atoms with Crippen LogP contribution in [0.2, 0.25) is 5.02 Å². The van der Waals surface area contributed by atoms with Crippen LogP contribution < -0.4 is 16.2 Å². The minimum absolute atomic E-state index is 0.0937. The van der Waals surface area contributed by atoms with Crippen LogP contribution in [0.3, 0.4) is 0 Å². The van der Waals surface area contributed by atoms with E-state index in [0.29, 0.717) is 22.7 Å². The fraction of sp³-hybridized carbons (Fsp3) is 0.714. The predicted molar refractivity (Wildman–Crippen MR) is 80.4 cm³/mol. The molecule has 0 bridgehead atoms. The second kappa shape index (κ2) is 6.14. The Labute approximate surface area is 123 Å². The quantitative estimate of drug-likeness (QED) is 0.841. The number of halogens is 1. The minimum atomic E-state index is -0.0937. The van der Waals surface area contributed by atoms with Gasteiger partial charge in [-0.2, -0.15) is 5.10 Å². The number of hydrogen-bond acceptors (Lipinski definition) is 4. The van der Waals surface area contributed by atoms with Gasteiger partial charge in [0.2, 0.25) is 0 Å². The number of rotatable bonds is 6. The van der Waals surface area contributed by atoms with Crippen LogP contribution in [0.4, 0.5) is 5.69 Å². The van der Waals surface area contributed by atoms with Crippen LogP contribution in [-0.4, -0.2) is 28.9 Å². The first kappa shape index (κ1) is 13.9. The summed E-state index contributed by atoms with van der Waals surface area (Å²) in [5.41, 5.74) is 0.407. The van der Waals surface area contributed by atoms with Crippen LogP contribution in [0.1, 0.15) is 32.1 Å². The van der Waals surface area contributed by atoms with Crippen LogP contribution in [0, 0.1) is 5.92 Å². The van der Waals surface area contributed by atoms with Gasteiger partial charge >= 0.3 is 0 Å². The first-order chi connectivity index (χ1) is 9.74. The molecular weight excluding hydrogens is 276 g/mol. The summed E-state index contributed by atoms with van der Waals surface area (Å²) in [4.78, 5) is 12.3. The molecule has 0 aromatic carbocycles. The summed E-state index contributed by atoms with van der Waals surface area (Å²) in [6.45, 7) is 2.59. The maximum Gasteiger partial charge on any atom is 0.291 e. The molecular formula is C14H21ClN4O. The molecule has 20 heavy (non-hydrogen) atoms. The number of hydrogen-bond donors (Lipinski definition) is 2. The summed E-state index contributed by atoms with van der Waals surface area (Å²) in [5.74, 6) is 0.622. The van der Waals surface area contributed by atoms with E-state index in [9.17, 15) is 4.79 Å². The van der Waals surface area contributed by atoms with Crippen molar-refractivity contribution in [2.45, 2.75) is 44.7 Å². The van der Waals surface area contributed by atoms with Crippen molar-refractivity contribution in [3.05, 3.63) is 21.6 Å². The highest BCUT2D eigenvalue weighted by Crippen LogP contribution is 2.30. The topological polar surface area (TPSA) is 59.0 Å². The smallest absolute Gasteiger partial charge is 0.291 e. The Morgan fingerprint density at radius 1 is 1.45 bits per heavy atom. The molecule has 0 spiro atoms. The monoisotopic (exact) mass is 296 g/mol. The Hall–Kier alpha value is -1.07. The van der Waals surface area contributed by atoms with Crippen LogP contribution in [0.25, 0.3) is 0 Å². The fourth-order valence-electron chi connectivity index (χ4n) is 2.68. The summed E-state index contributed by atoms with van der Waals surface area (Å²) >= 11 is 6.10. The van der Waals surface area contributed by atoms with E-state index in [4.69, 9.17) is 11.6 Å². The largest absolute Gasteiger partial charge is 0.379 e. The van der Waals surface area contributed by atoms with Gasteiger partial charge < -0.3 is 10.6 Å². The maximum absolute atomic E-state index is 12.3. The van der Waals surface area contributed by atoms with Crippen molar-refractivity contribution in [3.8, 4) is 0 Å². The second-order valence-corrected chi connectivity index (χ2v) is 6.21. The SMILES string of the molecule is O=c1c(NCCC2CCCN2)c(Cl)cnn1CC1CC1. The Morgan fingerprint density at radius 2 is 2.30 bits per heavy atom. The molecule has 3 rings (SSSR count). The van der Waals surface area contributed by atoms with Crippen LogP contribution in [0.5, 0.6) is 0 Å². The molecule has 2 heterocycles. The van der Waals surface area contributed by atoms with E-state index in [2.05, 4.69) is 15.7 Å². The Morgan fingerprint density at radius 3 is 3.00 bits per heavy atom. The summed E-state index contributed by atoms with van der Waals surface area (Å²) in [6, 6.07) is 0.566. The molecule has 1 saturated carbocycles. The molecule has 0 radical (unpaired) electrons. The first-order valence-electron chi connectivity index (χ1n) is 7.47. The van der Waals surface area contributed by atoms with E-state index in [0.717, 1.165) is 26.1 Å². The second-order valence-electron chi connectivity index (χ2n) is 5.81. The lowest BCUT2D eigenvalue weighted by molar-refractivity contribution is 0.533. The van der Waals surface area contributed by atoms with E-state index < -0.39 is 0 Å². The van der Waals surface area contributed by atoms with E-state index in [1.807, 2.05) is 0 Å². The maximum atomic E-state index is 12.3. The predicted octanol–water partition coefficient (Wildman–Crippen LogP) is 1.86. The molecule has 1 aromatic rings. The normalized spacial score (nSPS) is 22.1. The highest BCUT2D eigenvalue weighted by Gasteiger charge is 2.23. The lowest BCUT2D eigenvalue weighted by Crippen LogP contribution is -2.29. The zero-order valence-electron chi connectivity index (χ0n) is 11.6. The van der Waals surface area contributed by atoms with E-state index in [1.54, 1.807) is 10.9 Å². The molecule has 5 nitrogen and oxygen atoms in total. The van der Waals surface area contributed by atoms with Gasteiger partial charge in [-0.15, -0.1) is 0 Å². The first-order valence-corrected chi connectivity index (χ1v) is 7.84. The third-order valence-corrected chi connectivity index (χ3v) is 4.37. The van der Waals surface area contributed by atoms with Crippen molar-refractivity contribution < 1.29 is 0 Å². The zero-order chi connectivity index (χ0) is 13.9. The third-order valence-electron chi connectivity index (χ3n) is 4.08. The lowest BCUT2D eigenvalue weighted by Gasteiger charge is -2.13. The highest BCUT2D eigenvalue weighted by molar-refractivity contribution is 6.32. The van der Waals surface area contributed by atoms with Gasteiger partial charge in [0.1, 0.15) is 5.69 Å². The van der Waals surface area contributed by atoms with Gasteiger partial charge in [-0.1, -0.05) is 11.6 Å². The minimum Gasteiger partial charge on any atom is -0.379 e. The molecule has 1 saturated heterocycles. The van der Waals surface area contributed by atoms with Crippen molar-refractivity contribution in [2.24, 2.45) is 5.92 Å². The number of nitrogens with one attached hydrogen (secondary N) is 2. The average molecular weight is 297 g/mol. The molecule has 2 fully saturated rings. The van der Waals surface area contributed by atoms with Gasteiger partial charge in [-0.25, -0.2) is 4.68 Å². The number of nitrogens with zero attached hydrogens (tertiary/aromatic N) is 2. The third kappa shape index (κ3) is 3.33. The van der Waals surface area contributed by atoms with Gasteiger partial charge in [0.15, 0.2) is 0 Å². The lowest BCUT2D eigenvalue weighted by atomic mass is 10.1. The molecule has 1 aliphatic heterocycles. The summed E-state index contributed by atoms with van der Waals surface area (Å²) in [7, 11) is 0. The van der Waals surface area contributed by atoms with Crippen molar-refractivity contribution in [3.63, 3.8) is 0 Å². The molecule has 110 valence electrons. The fourth-order valence-corrected chi connectivity index (χ4v) is 2.87. The van der Waals surface area contributed by atoms with Crippen LogP contribution in [0.15, 0.2) is 11.0 Å². The summed E-state index contributed by atoms with van der Waals surface area (Å²) in [6.07, 6.45) is 7.45. The molecule has 2 aliphatic rings. The van der Waals surface area contributed by atoms with Gasteiger partial charge in [-0.05, 0) is 44.6 Å². The summed E-state index contributed by atoms with van der Waals surface area (Å²) < 4.78 is 1.54. The molecule has 6 heteroatoms. The van der Waals surface area contributed by atoms with Crippen LogP contribution in [-0.2, 0) is 6.54 Å². The van der Waals surface area contributed by atoms with Gasteiger partial charge in [0.05, 0.1) is 11.2 Å². The van der Waals surface area contributed by atoms with E-state index >= 15 is 0 Å². The van der Waals surface area contributed by atoms with Gasteiger partial charge in [-0.3, -0.25) is 4.79 Å². The van der Waals surface area contributed by atoms with Crippen molar-refractivity contribution in [1.82, 2.24) is 15.1 Å². The van der Waals surface area contributed by atoms with Gasteiger partial charge in [0.25, 0.3) is 5.56 Å². The van der Waals surface area contributed by atoms with Gasteiger partial charge in [0, 0.05) is 19.1 Å². The van der Waals surface area contributed by atoms with E-state index in [-0.39, 0.29) is 5.56 Å². The Bertz CT molecular complexity index is 520. The molecule has 1 aromatic heterocycles. The molecule has 1 unspecified atom stereocenters. The molecule has 1 aliphatic carbocycles. The van der Waals surface area contributed by atoms with Crippen molar-refractivity contribution in [2.75, 3.05) is 18.4 Å². The average Bonchev–Trinajstić information content (AvgIpc) is 3.10. The molecule has 1 atom stereocenters. The number of anilines is 1. The van der Waals surface area contributed by atoms with Crippen LogP contribution >= 0.6 is 11.6 Å². The van der Waals surface area contributed by atoms with E-state index in [1.165, 1.54) is 25.7 Å². The number of aromatic nitrogens is 2. The Balaban J connectivity index is 1.62. The Kier molecular flexibility index (Phi) is 4.27. The zero-order valence-corrected chi connectivity index (χ0v) is 12.3. The molecule has 2 N–H and O–H groups in total. The van der Waals surface area contributed by atoms with Crippen molar-refractivity contribution in [1.29, 1.82) is 0 Å². The molecule has 0 amide bonds. The standard InChI is InChI=1S/C14H21ClN4O/c15-12-8-18-19(9-10-3-4-10)14(20)13(12)17-7-5-11-2-1-6-16-11/h8,10-11,16-17H,1-7,9H2. The van der Waals surface area contributed by atoms with Crippen molar-refractivity contribution >= 4 is 17.3 Å². The highest BCUT2D eigenvalue weighted by atomic mass is 35.5. The summed E-state index contributed by atoms with van der Waals surface area (Å²) in [5, 5.41) is 11.2.